The van der Waals surface area contributed by atoms with Crippen LogP contribution >= 0.6 is 0 Å². The average molecular weight is 443 g/mol. The number of nitrogens with one attached hydrogen (secondary N) is 2. The van der Waals surface area contributed by atoms with Gasteiger partial charge < -0.3 is 29.6 Å². The maximum atomic E-state index is 11.8. The zero-order valence-corrected chi connectivity index (χ0v) is 18.7. The molecule has 32 heavy (non-hydrogen) atoms. The molecule has 1 aliphatic rings. The van der Waals surface area contributed by atoms with Crippen molar-refractivity contribution in [3.8, 4) is 5.75 Å². The van der Waals surface area contributed by atoms with Gasteiger partial charge >= 0.3 is 12.1 Å². The van der Waals surface area contributed by atoms with Crippen LogP contribution in [0.15, 0.2) is 42.5 Å². The second kappa shape index (κ2) is 10.9. The summed E-state index contributed by atoms with van der Waals surface area (Å²) in [5, 5.41) is 6.00. The van der Waals surface area contributed by atoms with E-state index in [0.29, 0.717) is 50.8 Å². The van der Waals surface area contributed by atoms with Gasteiger partial charge in [0.1, 0.15) is 24.6 Å². The first-order chi connectivity index (χ1) is 15.3. The highest BCUT2D eigenvalue weighted by molar-refractivity contribution is 5.93. The quantitative estimate of drug-likeness (QED) is 0.426. The first-order valence-electron chi connectivity index (χ1n) is 10.6. The number of fused-ring (bicyclic) bond motifs is 1. The van der Waals surface area contributed by atoms with E-state index in [0.717, 1.165) is 16.8 Å². The molecule has 0 aromatic heterocycles. The van der Waals surface area contributed by atoms with E-state index in [1.54, 1.807) is 6.07 Å². The fraction of sp³-hybridized carbons (Fsp3) is 0.417. The van der Waals surface area contributed by atoms with E-state index >= 15 is 0 Å². The van der Waals surface area contributed by atoms with Gasteiger partial charge in [0.2, 0.25) is 0 Å². The van der Waals surface area contributed by atoms with Gasteiger partial charge in [-0.1, -0.05) is 12.1 Å². The van der Waals surface area contributed by atoms with Crippen LogP contribution in [0, 0.1) is 0 Å². The number of benzene rings is 2. The molecule has 0 saturated carbocycles. The largest absolute Gasteiger partial charge is 0.491 e. The van der Waals surface area contributed by atoms with Crippen molar-refractivity contribution in [2.45, 2.75) is 39.5 Å². The van der Waals surface area contributed by atoms with E-state index in [1.807, 2.05) is 57.2 Å². The first kappa shape index (κ1) is 23.4. The normalized spacial score (nSPS) is 12.7. The Morgan fingerprint density at radius 2 is 1.94 bits per heavy atom. The first-order valence-corrected chi connectivity index (χ1v) is 10.6. The molecule has 0 radical (unpaired) electrons. The summed E-state index contributed by atoms with van der Waals surface area (Å²) in [6.07, 6.45) is -0.451. The third-order valence-electron chi connectivity index (χ3n) is 4.49. The molecule has 0 fully saturated rings. The minimum Gasteiger partial charge on any atom is -0.491 e. The van der Waals surface area contributed by atoms with Crippen molar-refractivity contribution < 1.29 is 28.5 Å². The van der Waals surface area contributed by atoms with Gasteiger partial charge in [0.05, 0.1) is 18.8 Å². The standard InChI is InChI=1S/C24H30N2O6/c1-24(2,3)32-23(28)26-15-17-5-4-6-20(13-17)30-12-11-29-10-9-25-19-7-8-21-18(14-19)16-31-22(21)27/h4-8,13-14,25H,9-12,15-16H2,1-3H3,(H,26,28). The fourth-order valence-corrected chi connectivity index (χ4v) is 3.06. The number of carbonyl (C=O) groups is 2. The lowest BCUT2D eigenvalue weighted by atomic mass is 10.1. The smallest absolute Gasteiger partial charge is 0.407 e. The second-order valence-electron chi connectivity index (χ2n) is 8.34. The molecule has 172 valence electrons. The van der Waals surface area contributed by atoms with Crippen LogP contribution in [0.2, 0.25) is 0 Å². The van der Waals surface area contributed by atoms with Crippen LogP contribution in [0.3, 0.4) is 0 Å². The predicted molar refractivity (Wildman–Crippen MR) is 120 cm³/mol. The van der Waals surface area contributed by atoms with Crippen molar-refractivity contribution in [2.24, 2.45) is 0 Å². The molecular formula is C24H30N2O6. The van der Waals surface area contributed by atoms with Gasteiger partial charge in [0.25, 0.3) is 0 Å². The lowest BCUT2D eigenvalue weighted by Gasteiger charge is -2.19. The molecule has 8 heteroatoms. The van der Waals surface area contributed by atoms with Crippen molar-refractivity contribution in [2.75, 3.05) is 31.7 Å². The summed E-state index contributed by atoms with van der Waals surface area (Å²) in [4.78, 5) is 23.2. The molecule has 0 atom stereocenters. The molecule has 0 unspecified atom stereocenters. The minimum absolute atomic E-state index is 0.264. The maximum Gasteiger partial charge on any atom is 0.407 e. The van der Waals surface area contributed by atoms with Gasteiger partial charge in [-0.2, -0.15) is 0 Å². The Hall–Kier alpha value is -3.26. The van der Waals surface area contributed by atoms with E-state index in [1.165, 1.54) is 0 Å². The van der Waals surface area contributed by atoms with E-state index in [9.17, 15) is 9.59 Å². The Labute approximate surface area is 188 Å². The monoisotopic (exact) mass is 442 g/mol. The minimum atomic E-state index is -0.527. The van der Waals surface area contributed by atoms with E-state index in [4.69, 9.17) is 18.9 Å². The van der Waals surface area contributed by atoms with Crippen molar-refractivity contribution in [1.29, 1.82) is 0 Å². The number of hydrogen-bond acceptors (Lipinski definition) is 7. The summed E-state index contributed by atoms with van der Waals surface area (Å²) < 4.78 is 21.6. The summed E-state index contributed by atoms with van der Waals surface area (Å²) in [6, 6.07) is 13.1. The van der Waals surface area contributed by atoms with Crippen LogP contribution in [-0.2, 0) is 27.4 Å². The van der Waals surface area contributed by atoms with Crippen LogP contribution in [0.1, 0.15) is 42.3 Å². The van der Waals surface area contributed by atoms with Crippen molar-refractivity contribution >= 4 is 17.7 Å². The molecule has 1 amide bonds. The number of alkyl carbamates (subject to hydrolysis) is 1. The zero-order chi connectivity index (χ0) is 23.0. The topological polar surface area (TPSA) is 95.1 Å². The molecular weight excluding hydrogens is 412 g/mol. The van der Waals surface area contributed by atoms with Crippen LogP contribution in [-0.4, -0.2) is 44.0 Å². The Balaban J connectivity index is 1.29. The molecule has 0 saturated heterocycles. The van der Waals surface area contributed by atoms with E-state index in [-0.39, 0.29) is 5.97 Å². The summed E-state index contributed by atoms with van der Waals surface area (Å²) in [6.45, 7) is 8.19. The van der Waals surface area contributed by atoms with Crippen molar-refractivity contribution in [3.63, 3.8) is 0 Å². The maximum absolute atomic E-state index is 11.8. The van der Waals surface area contributed by atoms with Crippen LogP contribution < -0.4 is 15.4 Å². The van der Waals surface area contributed by atoms with Gasteiger partial charge in [-0.25, -0.2) is 9.59 Å². The number of ether oxygens (including phenoxy) is 4. The SMILES string of the molecule is CC(C)(C)OC(=O)NCc1cccc(OCCOCCNc2ccc3c(c2)COC3=O)c1. The molecule has 3 rings (SSSR count). The lowest BCUT2D eigenvalue weighted by Crippen LogP contribution is -2.32. The van der Waals surface area contributed by atoms with Crippen LogP contribution in [0.4, 0.5) is 10.5 Å². The lowest BCUT2D eigenvalue weighted by molar-refractivity contribution is 0.0517. The molecule has 0 bridgehead atoms. The van der Waals surface area contributed by atoms with Gasteiger partial charge in [-0.3, -0.25) is 0 Å². The number of rotatable bonds is 10. The molecule has 0 aliphatic carbocycles. The van der Waals surface area contributed by atoms with Crippen LogP contribution in [0.25, 0.3) is 0 Å². The van der Waals surface area contributed by atoms with Crippen molar-refractivity contribution in [3.05, 3.63) is 59.2 Å². The molecule has 2 aromatic rings. The Bertz CT molecular complexity index is 938. The highest BCUT2D eigenvalue weighted by Gasteiger charge is 2.20. The van der Waals surface area contributed by atoms with Gasteiger partial charge in [-0.05, 0) is 56.7 Å². The molecule has 0 spiro atoms. The molecule has 2 N–H and O–H groups in total. The molecule has 8 nitrogen and oxygen atoms in total. The third kappa shape index (κ3) is 7.46. The van der Waals surface area contributed by atoms with Gasteiger partial charge in [0, 0.05) is 24.3 Å². The molecule has 2 aromatic carbocycles. The Morgan fingerprint density at radius 3 is 2.75 bits per heavy atom. The zero-order valence-electron chi connectivity index (χ0n) is 18.7. The summed E-state index contributed by atoms with van der Waals surface area (Å²) >= 11 is 0. The van der Waals surface area contributed by atoms with Crippen molar-refractivity contribution in [1.82, 2.24) is 5.32 Å². The second-order valence-corrected chi connectivity index (χ2v) is 8.34. The average Bonchev–Trinajstić information content (AvgIpc) is 3.11. The molecule has 1 aliphatic heterocycles. The number of hydrogen-bond donors (Lipinski definition) is 2. The summed E-state index contributed by atoms with van der Waals surface area (Å²) in [5.74, 6) is 0.449. The Morgan fingerprint density at radius 1 is 1.09 bits per heavy atom. The number of cyclic esters (lactones) is 1. The number of anilines is 1. The third-order valence-corrected chi connectivity index (χ3v) is 4.49. The number of amides is 1. The van der Waals surface area contributed by atoms with E-state index < -0.39 is 11.7 Å². The fourth-order valence-electron chi connectivity index (χ4n) is 3.06. The Kier molecular flexibility index (Phi) is 7.94. The highest BCUT2D eigenvalue weighted by Crippen LogP contribution is 2.23. The van der Waals surface area contributed by atoms with Crippen LogP contribution in [0.5, 0.6) is 5.75 Å². The predicted octanol–water partition coefficient (Wildman–Crippen LogP) is 3.89. The summed E-state index contributed by atoms with van der Waals surface area (Å²) in [5.41, 5.74) is 2.85. The number of esters is 1. The number of carbonyl (C=O) groups excluding carboxylic acids is 2. The summed E-state index contributed by atoms with van der Waals surface area (Å²) in [7, 11) is 0. The van der Waals surface area contributed by atoms with Gasteiger partial charge in [-0.15, -0.1) is 0 Å². The molecule has 1 heterocycles. The van der Waals surface area contributed by atoms with Gasteiger partial charge in [0.15, 0.2) is 0 Å². The highest BCUT2D eigenvalue weighted by atomic mass is 16.6. The van der Waals surface area contributed by atoms with E-state index in [2.05, 4.69) is 10.6 Å².